The van der Waals surface area contributed by atoms with Gasteiger partial charge in [-0.3, -0.25) is 4.79 Å². The lowest BCUT2D eigenvalue weighted by atomic mass is 9.71. The van der Waals surface area contributed by atoms with E-state index in [4.69, 9.17) is 4.74 Å². The Kier molecular flexibility index (Phi) is 4.61. The maximum atomic E-state index is 12.5. The van der Waals surface area contributed by atoms with Crippen molar-refractivity contribution in [2.45, 2.75) is 38.3 Å². The van der Waals surface area contributed by atoms with Gasteiger partial charge in [0.05, 0.1) is 5.92 Å². The predicted molar refractivity (Wildman–Crippen MR) is 95.6 cm³/mol. The Labute approximate surface area is 153 Å². The van der Waals surface area contributed by atoms with Crippen LogP contribution in [0.2, 0.25) is 0 Å². The number of nitrogens with zero attached hydrogens (tertiary/aromatic N) is 2. The van der Waals surface area contributed by atoms with Crippen molar-refractivity contribution in [3.05, 3.63) is 35.9 Å². The minimum Gasteiger partial charge on any atom is -0.481 e. The van der Waals surface area contributed by atoms with Crippen LogP contribution in [0.15, 0.2) is 30.3 Å². The number of hydrogen-bond donors (Lipinski definition) is 1. The van der Waals surface area contributed by atoms with Crippen molar-refractivity contribution in [3.8, 4) is 0 Å². The number of carbonyl (C=O) groups excluding carboxylic acids is 1. The Bertz CT molecular complexity index is 666. The molecule has 140 valence electrons. The highest BCUT2D eigenvalue weighted by atomic mass is 16.6. The lowest BCUT2D eigenvalue weighted by Gasteiger charge is -2.41. The average Bonchev–Trinajstić information content (AvgIpc) is 3.43. The third-order valence-corrected chi connectivity index (χ3v) is 6.27. The Balaban J connectivity index is 1.39. The standard InChI is InChI=1S/C20H26N2O4/c23-18(24)17-12-22(19(25)26-13-15-4-2-1-3-5-15)14-20(17)8-10-21(11-9-20)16-6-7-16/h1-5,16-17H,6-14H2,(H,23,24). The van der Waals surface area contributed by atoms with Crippen molar-refractivity contribution >= 4 is 12.1 Å². The average molecular weight is 358 g/mol. The van der Waals surface area contributed by atoms with E-state index < -0.39 is 18.0 Å². The van der Waals surface area contributed by atoms with Crippen LogP contribution in [-0.2, 0) is 16.1 Å². The van der Waals surface area contributed by atoms with Crippen molar-refractivity contribution in [1.29, 1.82) is 0 Å². The van der Waals surface area contributed by atoms with Gasteiger partial charge >= 0.3 is 12.1 Å². The molecule has 4 rings (SSSR count). The van der Waals surface area contributed by atoms with Crippen LogP contribution >= 0.6 is 0 Å². The van der Waals surface area contributed by atoms with Gasteiger partial charge in [0.25, 0.3) is 0 Å². The van der Waals surface area contributed by atoms with Gasteiger partial charge in [0.1, 0.15) is 6.61 Å². The molecule has 1 atom stereocenters. The number of amides is 1. The van der Waals surface area contributed by atoms with Crippen LogP contribution in [0.4, 0.5) is 4.79 Å². The fourth-order valence-corrected chi connectivity index (χ4v) is 4.54. The van der Waals surface area contributed by atoms with Gasteiger partial charge in [0, 0.05) is 24.5 Å². The molecule has 1 aliphatic carbocycles. The largest absolute Gasteiger partial charge is 0.481 e. The van der Waals surface area contributed by atoms with E-state index in [1.54, 1.807) is 4.90 Å². The van der Waals surface area contributed by atoms with Crippen LogP contribution in [0.1, 0.15) is 31.2 Å². The fraction of sp³-hybridized carbons (Fsp3) is 0.600. The van der Waals surface area contributed by atoms with Crippen molar-refractivity contribution in [3.63, 3.8) is 0 Å². The van der Waals surface area contributed by atoms with Crippen molar-refractivity contribution < 1.29 is 19.4 Å². The van der Waals surface area contributed by atoms with Gasteiger partial charge in [-0.05, 0) is 44.3 Å². The van der Waals surface area contributed by atoms with E-state index >= 15 is 0 Å². The van der Waals surface area contributed by atoms with Crippen LogP contribution in [0.25, 0.3) is 0 Å². The van der Waals surface area contributed by atoms with Gasteiger partial charge < -0.3 is 19.6 Å². The normalized spacial score (nSPS) is 25.4. The van der Waals surface area contributed by atoms with E-state index in [0.29, 0.717) is 12.6 Å². The Morgan fingerprint density at radius 3 is 2.46 bits per heavy atom. The number of carboxylic acids is 1. The second kappa shape index (κ2) is 6.91. The number of carbonyl (C=O) groups is 2. The number of hydrogen-bond acceptors (Lipinski definition) is 4. The maximum Gasteiger partial charge on any atom is 0.410 e. The lowest BCUT2D eigenvalue weighted by molar-refractivity contribution is -0.145. The first-order valence-electron chi connectivity index (χ1n) is 9.50. The molecule has 2 saturated heterocycles. The molecule has 1 amide bonds. The van der Waals surface area contributed by atoms with E-state index in [1.807, 2.05) is 30.3 Å². The summed E-state index contributed by atoms with van der Waals surface area (Å²) in [5, 5.41) is 9.73. The summed E-state index contributed by atoms with van der Waals surface area (Å²) in [5.74, 6) is -1.28. The minimum atomic E-state index is -0.789. The summed E-state index contributed by atoms with van der Waals surface area (Å²) in [6, 6.07) is 10.3. The van der Waals surface area contributed by atoms with E-state index in [1.165, 1.54) is 12.8 Å². The lowest BCUT2D eigenvalue weighted by Crippen LogP contribution is -2.46. The highest BCUT2D eigenvalue weighted by molar-refractivity contribution is 5.75. The van der Waals surface area contributed by atoms with Gasteiger partial charge in [-0.25, -0.2) is 4.79 Å². The molecule has 1 N–H and O–H groups in total. The Morgan fingerprint density at radius 2 is 1.85 bits per heavy atom. The number of rotatable bonds is 4. The van der Waals surface area contributed by atoms with E-state index in [0.717, 1.165) is 31.5 Å². The summed E-state index contributed by atoms with van der Waals surface area (Å²) in [5.41, 5.74) is 0.630. The van der Waals surface area contributed by atoms with E-state index in [2.05, 4.69) is 4.90 Å². The first-order chi connectivity index (χ1) is 12.6. The molecule has 0 bridgehead atoms. The van der Waals surface area contributed by atoms with Crippen LogP contribution < -0.4 is 0 Å². The monoisotopic (exact) mass is 358 g/mol. The van der Waals surface area contributed by atoms with E-state index in [-0.39, 0.29) is 18.6 Å². The summed E-state index contributed by atoms with van der Waals surface area (Å²) in [4.78, 5) is 28.4. The topological polar surface area (TPSA) is 70.1 Å². The highest BCUT2D eigenvalue weighted by Gasteiger charge is 2.53. The first-order valence-corrected chi connectivity index (χ1v) is 9.50. The zero-order valence-corrected chi connectivity index (χ0v) is 15.0. The van der Waals surface area contributed by atoms with Crippen molar-refractivity contribution in [1.82, 2.24) is 9.80 Å². The zero-order valence-electron chi connectivity index (χ0n) is 15.0. The second-order valence-electron chi connectivity index (χ2n) is 7.94. The SMILES string of the molecule is O=C(O)C1CN(C(=O)OCc2ccccc2)CC12CCN(C1CC1)CC2. The van der Waals surface area contributed by atoms with Crippen LogP contribution in [0.5, 0.6) is 0 Å². The highest BCUT2D eigenvalue weighted by Crippen LogP contribution is 2.46. The smallest absolute Gasteiger partial charge is 0.410 e. The summed E-state index contributed by atoms with van der Waals surface area (Å²) in [7, 11) is 0. The van der Waals surface area contributed by atoms with Crippen molar-refractivity contribution in [2.75, 3.05) is 26.2 Å². The molecule has 2 heterocycles. The number of aliphatic carboxylic acids is 1. The minimum absolute atomic E-state index is 0.219. The number of carboxylic acid groups (broad SMARTS) is 1. The zero-order chi connectivity index (χ0) is 18.1. The molecule has 1 aromatic carbocycles. The summed E-state index contributed by atoms with van der Waals surface area (Å²) < 4.78 is 5.43. The molecule has 3 aliphatic rings. The van der Waals surface area contributed by atoms with Crippen LogP contribution in [0.3, 0.4) is 0 Å². The van der Waals surface area contributed by atoms with E-state index in [9.17, 15) is 14.7 Å². The predicted octanol–water partition coefficient (Wildman–Crippen LogP) is 2.58. The molecular weight excluding hydrogens is 332 g/mol. The molecule has 1 aromatic rings. The summed E-state index contributed by atoms with van der Waals surface area (Å²) in [6.07, 6.45) is 3.84. The molecule has 0 aromatic heterocycles. The Hall–Kier alpha value is -2.08. The van der Waals surface area contributed by atoms with Crippen molar-refractivity contribution in [2.24, 2.45) is 11.3 Å². The third-order valence-electron chi connectivity index (χ3n) is 6.27. The Morgan fingerprint density at radius 1 is 1.15 bits per heavy atom. The second-order valence-corrected chi connectivity index (χ2v) is 7.94. The quantitative estimate of drug-likeness (QED) is 0.896. The first kappa shape index (κ1) is 17.3. The molecule has 0 radical (unpaired) electrons. The maximum absolute atomic E-state index is 12.5. The molecule has 1 unspecified atom stereocenters. The van der Waals surface area contributed by atoms with Crippen LogP contribution in [-0.4, -0.2) is 59.2 Å². The molecule has 1 saturated carbocycles. The molecule has 26 heavy (non-hydrogen) atoms. The van der Waals surface area contributed by atoms with Gasteiger partial charge in [0.2, 0.25) is 0 Å². The molecule has 1 spiro atoms. The number of benzene rings is 1. The molecular formula is C20H26N2O4. The fourth-order valence-electron chi connectivity index (χ4n) is 4.54. The number of piperidine rings is 1. The molecule has 6 nitrogen and oxygen atoms in total. The molecule has 2 aliphatic heterocycles. The summed E-state index contributed by atoms with van der Waals surface area (Å²) in [6.45, 7) is 2.86. The van der Waals surface area contributed by atoms with Gasteiger partial charge in [-0.15, -0.1) is 0 Å². The van der Waals surface area contributed by atoms with Gasteiger partial charge in [0.15, 0.2) is 0 Å². The van der Waals surface area contributed by atoms with Gasteiger partial charge in [-0.2, -0.15) is 0 Å². The summed E-state index contributed by atoms with van der Waals surface area (Å²) >= 11 is 0. The molecule has 6 heteroatoms. The number of likely N-dealkylation sites (tertiary alicyclic amines) is 2. The third kappa shape index (κ3) is 3.43. The molecule has 3 fully saturated rings. The number of ether oxygens (including phenoxy) is 1. The van der Waals surface area contributed by atoms with Gasteiger partial charge in [-0.1, -0.05) is 30.3 Å². The van der Waals surface area contributed by atoms with Crippen LogP contribution in [0, 0.1) is 11.3 Å².